The molecule has 0 spiro atoms. The molecule has 6 rings (SSSR count). The van der Waals surface area contributed by atoms with Crippen LogP contribution in [0, 0.1) is 17.8 Å². The highest BCUT2D eigenvalue weighted by atomic mass is 32.1. The molecular formula is C23H26N2O2S. The Bertz CT molecular complexity index is 854. The van der Waals surface area contributed by atoms with E-state index in [2.05, 4.69) is 10.6 Å². The minimum atomic E-state index is -0.0636. The third-order valence-corrected chi connectivity index (χ3v) is 7.85. The molecule has 2 amide bonds. The van der Waals surface area contributed by atoms with Crippen LogP contribution in [0.3, 0.4) is 0 Å². The van der Waals surface area contributed by atoms with E-state index >= 15 is 0 Å². The number of ketones is 1. The standard InChI is InChI=1S/C23H26N2O2S/c26-21(18-4-2-1-3-5-18)20-7-6-19(28-20)14-24-22(27)25-23-11-15-8-16(12-23)10-17(9-15)13-23/h1-7,15-17H,8-14H2,(H2,24,25,27). The molecule has 146 valence electrons. The summed E-state index contributed by atoms with van der Waals surface area (Å²) in [5.41, 5.74) is 0.728. The van der Waals surface area contributed by atoms with Gasteiger partial charge >= 0.3 is 6.03 Å². The number of amides is 2. The van der Waals surface area contributed by atoms with Crippen LogP contribution < -0.4 is 10.6 Å². The number of hydrogen-bond acceptors (Lipinski definition) is 3. The maximum Gasteiger partial charge on any atom is 0.315 e. The first-order valence-electron chi connectivity index (χ1n) is 10.3. The Labute approximate surface area is 169 Å². The fourth-order valence-corrected chi connectivity index (χ4v) is 6.95. The summed E-state index contributed by atoms with van der Waals surface area (Å²) >= 11 is 1.46. The second kappa shape index (κ2) is 7.03. The minimum Gasteiger partial charge on any atom is -0.333 e. The van der Waals surface area contributed by atoms with Crippen LogP contribution in [0.1, 0.15) is 58.6 Å². The molecule has 28 heavy (non-hydrogen) atoms. The lowest BCUT2D eigenvalue weighted by Crippen LogP contribution is -2.61. The van der Waals surface area contributed by atoms with Gasteiger partial charge in [0.1, 0.15) is 0 Å². The van der Waals surface area contributed by atoms with Crippen LogP contribution in [0.5, 0.6) is 0 Å². The minimum absolute atomic E-state index is 0.0305. The Hall–Kier alpha value is -2.14. The van der Waals surface area contributed by atoms with Crippen molar-refractivity contribution in [1.29, 1.82) is 0 Å². The number of urea groups is 1. The topological polar surface area (TPSA) is 58.2 Å². The first kappa shape index (κ1) is 17.9. The SMILES string of the molecule is O=C(NCc1ccc(C(=O)c2ccccc2)s1)NC12CC3CC(CC(C3)C1)C2. The molecule has 0 aliphatic heterocycles. The fourth-order valence-electron chi connectivity index (χ4n) is 6.04. The summed E-state index contributed by atoms with van der Waals surface area (Å²) in [4.78, 5) is 26.8. The highest BCUT2D eigenvalue weighted by Crippen LogP contribution is 2.55. The van der Waals surface area contributed by atoms with E-state index in [-0.39, 0.29) is 17.4 Å². The molecule has 2 N–H and O–H groups in total. The van der Waals surface area contributed by atoms with E-state index in [0.717, 1.165) is 41.9 Å². The van der Waals surface area contributed by atoms with Gasteiger partial charge in [0.05, 0.1) is 11.4 Å². The Morgan fingerprint density at radius 1 is 0.929 bits per heavy atom. The highest BCUT2D eigenvalue weighted by Gasteiger charge is 2.51. The molecule has 4 aliphatic carbocycles. The summed E-state index contributed by atoms with van der Waals surface area (Å²) in [5.74, 6) is 2.48. The number of rotatable bonds is 5. The lowest BCUT2D eigenvalue weighted by molar-refractivity contribution is -0.0135. The van der Waals surface area contributed by atoms with Gasteiger partial charge in [-0.15, -0.1) is 11.3 Å². The van der Waals surface area contributed by atoms with E-state index in [1.807, 2.05) is 42.5 Å². The molecule has 2 aromatic rings. The second-order valence-electron chi connectivity index (χ2n) is 8.97. The van der Waals surface area contributed by atoms with Gasteiger partial charge in [-0.25, -0.2) is 4.79 Å². The van der Waals surface area contributed by atoms with Crippen LogP contribution in [-0.2, 0) is 6.54 Å². The van der Waals surface area contributed by atoms with Gasteiger partial charge in [0.25, 0.3) is 0 Å². The lowest BCUT2D eigenvalue weighted by atomic mass is 9.53. The summed E-state index contributed by atoms with van der Waals surface area (Å²) in [5, 5.41) is 6.35. The van der Waals surface area contributed by atoms with E-state index in [4.69, 9.17) is 0 Å². The van der Waals surface area contributed by atoms with Crippen LogP contribution in [0.2, 0.25) is 0 Å². The molecule has 4 saturated carbocycles. The Morgan fingerprint density at radius 3 is 2.21 bits per heavy atom. The van der Waals surface area contributed by atoms with E-state index in [1.54, 1.807) is 0 Å². The van der Waals surface area contributed by atoms with Gasteiger partial charge in [-0.2, -0.15) is 0 Å². The van der Waals surface area contributed by atoms with Gasteiger partial charge in [-0.1, -0.05) is 30.3 Å². The zero-order valence-electron chi connectivity index (χ0n) is 15.9. The number of hydrogen-bond donors (Lipinski definition) is 2. The fraction of sp³-hybridized carbons (Fsp3) is 0.478. The van der Waals surface area contributed by atoms with Crippen molar-refractivity contribution >= 4 is 23.2 Å². The number of benzene rings is 1. The van der Waals surface area contributed by atoms with Crippen molar-refractivity contribution in [2.45, 2.75) is 50.6 Å². The number of carbonyl (C=O) groups is 2. The lowest BCUT2D eigenvalue weighted by Gasteiger charge is -2.56. The number of nitrogens with one attached hydrogen (secondary N) is 2. The van der Waals surface area contributed by atoms with Crippen molar-refractivity contribution in [3.05, 3.63) is 57.8 Å². The molecule has 0 atom stereocenters. The monoisotopic (exact) mass is 394 g/mol. The van der Waals surface area contributed by atoms with E-state index in [9.17, 15) is 9.59 Å². The quantitative estimate of drug-likeness (QED) is 0.719. The molecule has 4 nitrogen and oxygen atoms in total. The van der Waals surface area contributed by atoms with E-state index in [1.165, 1.54) is 30.6 Å². The van der Waals surface area contributed by atoms with Crippen LogP contribution >= 0.6 is 11.3 Å². The normalized spacial score (nSPS) is 30.2. The highest BCUT2D eigenvalue weighted by molar-refractivity contribution is 7.14. The average Bonchev–Trinajstić information content (AvgIpc) is 3.14. The van der Waals surface area contributed by atoms with Crippen molar-refractivity contribution in [1.82, 2.24) is 10.6 Å². The summed E-state index contributed by atoms with van der Waals surface area (Å²) in [6, 6.07) is 13.0. The number of carbonyl (C=O) groups excluding carboxylic acids is 2. The molecule has 0 radical (unpaired) electrons. The largest absolute Gasteiger partial charge is 0.333 e. The second-order valence-corrected chi connectivity index (χ2v) is 10.1. The third-order valence-electron chi connectivity index (χ3n) is 6.76. The van der Waals surface area contributed by atoms with Crippen molar-refractivity contribution in [3.8, 4) is 0 Å². The van der Waals surface area contributed by atoms with E-state index < -0.39 is 0 Å². The average molecular weight is 395 g/mol. The molecule has 5 heteroatoms. The first-order chi connectivity index (χ1) is 13.6. The molecule has 1 aromatic carbocycles. The smallest absolute Gasteiger partial charge is 0.315 e. The van der Waals surface area contributed by atoms with Crippen LogP contribution in [0.4, 0.5) is 4.79 Å². The van der Waals surface area contributed by atoms with Crippen LogP contribution in [0.25, 0.3) is 0 Å². The first-order valence-corrected chi connectivity index (χ1v) is 11.1. The van der Waals surface area contributed by atoms with Gasteiger partial charge in [-0.05, 0) is 68.4 Å². The Balaban J connectivity index is 1.18. The molecule has 4 fully saturated rings. The molecule has 1 aromatic heterocycles. The summed E-state index contributed by atoms with van der Waals surface area (Å²) < 4.78 is 0. The van der Waals surface area contributed by atoms with Crippen LogP contribution in [0.15, 0.2) is 42.5 Å². The zero-order chi connectivity index (χ0) is 19.1. The van der Waals surface area contributed by atoms with Gasteiger partial charge in [-0.3, -0.25) is 4.79 Å². The molecule has 0 unspecified atom stereocenters. The van der Waals surface area contributed by atoms with Gasteiger partial charge in [0.2, 0.25) is 5.78 Å². The van der Waals surface area contributed by atoms with Gasteiger partial charge in [0.15, 0.2) is 0 Å². The molecule has 4 bridgehead atoms. The molecular weight excluding hydrogens is 368 g/mol. The van der Waals surface area contributed by atoms with E-state index in [0.29, 0.717) is 17.0 Å². The molecule has 4 aliphatic rings. The maximum absolute atomic E-state index is 12.6. The Morgan fingerprint density at radius 2 is 1.57 bits per heavy atom. The summed E-state index contributed by atoms with van der Waals surface area (Å²) in [7, 11) is 0. The van der Waals surface area contributed by atoms with Crippen molar-refractivity contribution < 1.29 is 9.59 Å². The van der Waals surface area contributed by atoms with Gasteiger partial charge < -0.3 is 10.6 Å². The predicted octanol–water partition coefficient (Wildman–Crippen LogP) is 4.75. The maximum atomic E-state index is 12.6. The predicted molar refractivity (Wildman–Crippen MR) is 110 cm³/mol. The third kappa shape index (κ3) is 3.48. The van der Waals surface area contributed by atoms with Crippen molar-refractivity contribution in [2.24, 2.45) is 17.8 Å². The van der Waals surface area contributed by atoms with Crippen molar-refractivity contribution in [2.75, 3.05) is 0 Å². The number of thiophene rings is 1. The Kier molecular flexibility index (Phi) is 4.50. The zero-order valence-corrected chi connectivity index (χ0v) is 16.8. The summed E-state index contributed by atoms with van der Waals surface area (Å²) in [6.07, 6.45) is 7.57. The van der Waals surface area contributed by atoms with Crippen LogP contribution in [-0.4, -0.2) is 17.4 Å². The molecule has 1 heterocycles. The van der Waals surface area contributed by atoms with Crippen molar-refractivity contribution in [3.63, 3.8) is 0 Å². The molecule has 0 saturated heterocycles. The van der Waals surface area contributed by atoms with Gasteiger partial charge in [0, 0.05) is 16.0 Å². The summed E-state index contributed by atoms with van der Waals surface area (Å²) in [6.45, 7) is 0.463.